The summed E-state index contributed by atoms with van der Waals surface area (Å²) in [5.41, 5.74) is 2.59. The van der Waals surface area contributed by atoms with E-state index in [1.807, 2.05) is 63.2 Å². The molecule has 0 aliphatic heterocycles. The van der Waals surface area contributed by atoms with Crippen molar-refractivity contribution < 1.29 is 19.1 Å². The molecule has 0 saturated heterocycles. The molecule has 0 aromatic heterocycles. The van der Waals surface area contributed by atoms with Gasteiger partial charge in [0.2, 0.25) is 0 Å². The maximum Gasteiger partial charge on any atom is 0.360 e. The Morgan fingerprint density at radius 1 is 1.00 bits per heavy atom. The first kappa shape index (κ1) is 20.2. The molecular weight excluding hydrogens is 318 g/mol. The lowest BCUT2D eigenvalue weighted by atomic mass is 10.0. The molecule has 2 aromatic carbocycles. The minimum absolute atomic E-state index is 0.110. The molecular formula is C20H25NO4. The van der Waals surface area contributed by atoms with Gasteiger partial charge in [0.15, 0.2) is 5.71 Å². The summed E-state index contributed by atoms with van der Waals surface area (Å²) in [5.74, 6) is 0.237. The van der Waals surface area contributed by atoms with Gasteiger partial charge in [0.05, 0.1) is 7.11 Å². The summed E-state index contributed by atoms with van der Waals surface area (Å²) in [6, 6.07) is 15.1. The maximum absolute atomic E-state index is 11.9. The van der Waals surface area contributed by atoms with Gasteiger partial charge in [-0.2, -0.15) is 0 Å². The van der Waals surface area contributed by atoms with E-state index in [9.17, 15) is 4.79 Å². The smallest absolute Gasteiger partial charge is 0.360 e. The number of aryl methyl sites for hydroxylation is 1. The van der Waals surface area contributed by atoms with Crippen molar-refractivity contribution in [2.75, 3.05) is 14.2 Å². The maximum atomic E-state index is 11.9. The molecule has 2 rings (SSSR count). The van der Waals surface area contributed by atoms with Crippen molar-refractivity contribution in [3.8, 4) is 5.75 Å². The van der Waals surface area contributed by atoms with Crippen molar-refractivity contribution in [2.24, 2.45) is 5.16 Å². The van der Waals surface area contributed by atoms with Gasteiger partial charge in [-0.25, -0.2) is 4.79 Å². The summed E-state index contributed by atoms with van der Waals surface area (Å²) < 4.78 is 10.6. The monoisotopic (exact) mass is 343 g/mol. The number of benzene rings is 2. The van der Waals surface area contributed by atoms with E-state index in [-0.39, 0.29) is 5.71 Å². The summed E-state index contributed by atoms with van der Waals surface area (Å²) in [6.45, 7) is 6.29. The fourth-order valence-corrected chi connectivity index (χ4v) is 2.14. The highest BCUT2D eigenvalue weighted by molar-refractivity contribution is 6.43. The molecule has 0 radical (unpaired) electrons. The number of carbonyl (C=O) groups is 1. The van der Waals surface area contributed by atoms with Gasteiger partial charge >= 0.3 is 5.97 Å². The molecule has 0 fully saturated rings. The molecule has 0 aliphatic rings. The van der Waals surface area contributed by atoms with Crippen LogP contribution in [0.15, 0.2) is 53.7 Å². The van der Waals surface area contributed by atoms with Crippen LogP contribution in [0.1, 0.15) is 30.5 Å². The van der Waals surface area contributed by atoms with E-state index in [4.69, 9.17) is 14.3 Å². The lowest BCUT2D eigenvalue weighted by molar-refractivity contribution is -0.132. The Bertz CT molecular complexity index is 710. The Morgan fingerprint density at radius 3 is 2.28 bits per heavy atom. The van der Waals surface area contributed by atoms with Crippen molar-refractivity contribution >= 4 is 11.7 Å². The fourth-order valence-electron chi connectivity index (χ4n) is 2.14. The van der Waals surface area contributed by atoms with Crippen molar-refractivity contribution in [3.63, 3.8) is 0 Å². The van der Waals surface area contributed by atoms with Gasteiger partial charge in [-0.1, -0.05) is 61.5 Å². The Morgan fingerprint density at radius 2 is 1.64 bits per heavy atom. The lowest BCUT2D eigenvalue weighted by Gasteiger charge is -2.12. The molecule has 0 bridgehead atoms. The largest absolute Gasteiger partial charge is 0.489 e. The first-order chi connectivity index (χ1) is 12.2. The second kappa shape index (κ2) is 10.9. The van der Waals surface area contributed by atoms with Gasteiger partial charge in [-0.15, -0.1) is 0 Å². The number of rotatable bonds is 6. The average Bonchev–Trinajstić information content (AvgIpc) is 2.67. The quantitative estimate of drug-likeness (QED) is 0.450. The number of nitrogens with zero attached hydrogens (tertiary/aromatic N) is 1. The summed E-state index contributed by atoms with van der Waals surface area (Å²) in [5, 5.41) is 3.78. The minimum atomic E-state index is -0.560. The van der Waals surface area contributed by atoms with Crippen LogP contribution in [0.3, 0.4) is 0 Å². The molecule has 0 heterocycles. The van der Waals surface area contributed by atoms with Crippen molar-refractivity contribution in [1.82, 2.24) is 0 Å². The van der Waals surface area contributed by atoms with Gasteiger partial charge in [0.25, 0.3) is 0 Å². The van der Waals surface area contributed by atoms with E-state index in [0.717, 1.165) is 16.9 Å². The van der Waals surface area contributed by atoms with Crippen LogP contribution in [0.25, 0.3) is 0 Å². The van der Waals surface area contributed by atoms with Crippen LogP contribution < -0.4 is 4.74 Å². The van der Waals surface area contributed by atoms with Gasteiger partial charge in [-0.3, -0.25) is 0 Å². The molecule has 2 aromatic rings. The first-order valence-corrected chi connectivity index (χ1v) is 8.13. The second-order valence-corrected chi connectivity index (χ2v) is 4.83. The number of esters is 1. The number of ether oxygens (including phenoxy) is 2. The average molecular weight is 343 g/mol. The van der Waals surface area contributed by atoms with Crippen LogP contribution >= 0.6 is 0 Å². The Labute approximate surface area is 149 Å². The van der Waals surface area contributed by atoms with Crippen molar-refractivity contribution in [2.45, 2.75) is 27.4 Å². The molecule has 5 heteroatoms. The van der Waals surface area contributed by atoms with Gasteiger partial charge in [0.1, 0.15) is 19.5 Å². The van der Waals surface area contributed by atoms with Crippen LogP contribution in [-0.2, 0) is 21.0 Å². The molecule has 0 atom stereocenters. The zero-order valence-electron chi connectivity index (χ0n) is 15.4. The van der Waals surface area contributed by atoms with Crippen LogP contribution in [0.5, 0.6) is 5.75 Å². The van der Waals surface area contributed by atoms with Crippen LogP contribution in [0.4, 0.5) is 0 Å². The topological polar surface area (TPSA) is 57.1 Å². The molecule has 0 aliphatic carbocycles. The van der Waals surface area contributed by atoms with E-state index in [2.05, 4.69) is 5.16 Å². The third-order valence-corrected chi connectivity index (χ3v) is 3.31. The predicted octanol–water partition coefficient (Wildman–Crippen LogP) is 4.12. The standard InChI is InChI=1S/C18H19NO4.C2H6/c1-13-8-4-7-11-16(13)23-12-14-9-5-6-10-15(14)17(19-22-3)18(20)21-2;1-2/h4-11H,12H2,1-3H3;1-2H3/b19-17+;. The number of carbonyl (C=O) groups excluding carboxylic acids is 1. The molecule has 134 valence electrons. The highest BCUT2D eigenvalue weighted by atomic mass is 16.6. The number of para-hydroxylation sites is 1. The van der Waals surface area contributed by atoms with E-state index in [1.165, 1.54) is 14.2 Å². The normalized spacial score (nSPS) is 10.4. The first-order valence-electron chi connectivity index (χ1n) is 8.13. The van der Waals surface area contributed by atoms with E-state index >= 15 is 0 Å². The molecule has 25 heavy (non-hydrogen) atoms. The third kappa shape index (κ3) is 5.64. The highest BCUT2D eigenvalue weighted by Gasteiger charge is 2.19. The second-order valence-electron chi connectivity index (χ2n) is 4.83. The predicted molar refractivity (Wildman–Crippen MR) is 98.9 cm³/mol. The third-order valence-electron chi connectivity index (χ3n) is 3.31. The number of methoxy groups -OCH3 is 1. The van der Waals surface area contributed by atoms with Gasteiger partial charge in [0, 0.05) is 5.56 Å². The van der Waals surface area contributed by atoms with E-state index in [0.29, 0.717) is 12.2 Å². The lowest BCUT2D eigenvalue weighted by Crippen LogP contribution is -2.19. The fraction of sp³-hybridized carbons (Fsp3) is 0.300. The van der Waals surface area contributed by atoms with E-state index < -0.39 is 5.97 Å². The Balaban J connectivity index is 0.00000151. The zero-order valence-corrected chi connectivity index (χ0v) is 15.4. The number of oxime groups is 1. The van der Waals surface area contributed by atoms with Crippen molar-refractivity contribution in [1.29, 1.82) is 0 Å². The van der Waals surface area contributed by atoms with Crippen LogP contribution in [0, 0.1) is 6.92 Å². The van der Waals surface area contributed by atoms with Crippen molar-refractivity contribution in [3.05, 3.63) is 65.2 Å². The minimum Gasteiger partial charge on any atom is -0.489 e. The molecule has 0 N–H and O–H groups in total. The molecule has 0 amide bonds. The molecule has 0 spiro atoms. The summed E-state index contributed by atoms with van der Waals surface area (Å²) in [7, 11) is 2.69. The number of hydrogen-bond donors (Lipinski definition) is 0. The molecule has 0 unspecified atom stereocenters. The van der Waals surface area contributed by atoms with Gasteiger partial charge in [-0.05, 0) is 24.1 Å². The highest BCUT2D eigenvalue weighted by Crippen LogP contribution is 2.19. The van der Waals surface area contributed by atoms with Gasteiger partial charge < -0.3 is 14.3 Å². The van der Waals surface area contributed by atoms with E-state index in [1.54, 1.807) is 6.07 Å². The summed E-state index contributed by atoms with van der Waals surface area (Å²) in [4.78, 5) is 16.7. The van der Waals surface area contributed by atoms with Crippen LogP contribution in [0.2, 0.25) is 0 Å². The Kier molecular flexibility index (Phi) is 8.79. The summed E-state index contributed by atoms with van der Waals surface area (Å²) >= 11 is 0. The molecule has 0 saturated carbocycles. The molecule has 5 nitrogen and oxygen atoms in total. The van der Waals surface area contributed by atoms with Crippen LogP contribution in [-0.4, -0.2) is 25.9 Å². The Hall–Kier alpha value is -2.82. The number of hydrogen-bond acceptors (Lipinski definition) is 5. The summed E-state index contributed by atoms with van der Waals surface area (Å²) in [6.07, 6.45) is 0. The SMILES string of the molecule is CC.CO/N=C(/C(=O)OC)c1ccccc1COc1ccccc1C. The zero-order chi connectivity index (χ0) is 18.7.